The van der Waals surface area contributed by atoms with E-state index in [-0.39, 0.29) is 12.8 Å². The van der Waals surface area contributed by atoms with Crippen LogP contribution in [0.5, 0.6) is 0 Å². The van der Waals surface area contributed by atoms with Crippen LogP contribution in [0.1, 0.15) is 181 Å². The fourth-order valence-corrected chi connectivity index (χ4v) is 6.60. The maximum Gasteiger partial charge on any atom is 0.472 e. The summed E-state index contributed by atoms with van der Waals surface area (Å²) in [5.74, 6) is -2.40. The highest BCUT2D eigenvalue weighted by Gasteiger charge is 2.28. The molecule has 0 fully saturated rings. The van der Waals surface area contributed by atoms with Crippen molar-refractivity contribution in [1.29, 1.82) is 0 Å². The van der Waals surface area contributed by atoms with Gasteiger partial charge in [0.2, 0.25) is 5.91 Å². The molecule has 0 heterocycles. The largest absolute Gasteiger partial charge is 0.480 e. The van der Waals surface area contributed by atoms with Gasteiger partial charge in [-0.05, 0) is 77.0 Å². The minimum Gasteiger partial charge on any atom is -0.480 e. The second-order valence-corrected chi connectivity index (χ2v) is 16.3. The van der Waals surface area contributed by atoms with Crippen molar-refractivity contribution in [1.82, 2.24) is 5.32 Å². The Morgan fingerprint density at radius 3 is 1.50 bits per heavy atom. The molecule has 0 aromatic rings. The molecule has 1 amide bonds. The Kier molecular flexibility index (Phi) is 38.9. The highest BCUT2D eigenvalue weighted by atomic mass is 31.2. The molecule has 3 atom stereocenters. The van der Waals surface area contributed by atoms with Crippen LogP contribution in [-0.2, 0) is 32.7 Å². The molecule has 0 aromatic carbocycles. The molecule has 0 aliphatic heterocycles. The second-order valence-electron chi connectivity index (χ2n) is 14.9. The van der Waals surface area contributed by atoms with Gasteiger partial charge in [0.15, 0.2) is 6.04 Å². The van der Waals surface area contributed by atoms with Crippen molar-refractivity contribution in [2.24, 2.45) is 0 Å². The average Bonchev–Trinajstić information content (AvgIpc) is 3.20. The molecule has 0 aliphatic carbocycles. The van der Waals surface area contributed by atoms with Crippen LogP contribution in [0.25, 0.3) is 0 Å². The third kappa shape index (κ3) is 40.0. The molecule has 12 heteroatoms. The first kappa shape index (κ1) is 55.2. The van der Waals surface area contributed by atoms with Crippen LogP contribution in [0, 0.1) is 0 Å². The molecule has 3 unspecified atom stereocenters. The lowest BCUT2D eigenvalue weighted by molar-refractivity contribution is -0.147. The quantitative estimate of drug-likeness (QED) is 0.0201. The normalized spacial score (nSPS) is 14.3. The Labute approximate surface area is 351 Å². The Hall–Kier alpha value is -2.82. The molecule has 0 aliphatic rings. The van der Waals surface area contributed by atoms with Gasteiger partial charge in [0.25, 0.3) is 0 Å². The van der Waals surface area contributed by atoms with Crippen molar-refractivity contribution in [3.8, 4) is 0 Å². The number of unbranched alkanes of at least 4 members (excludes halogenated alkanes) is 17. The fourth-order valence-electron chi connectivity index (χ4n) is 5.83. The second kappa shape index (κ2) is 40.9. The van der Waals surface area contributed by atoms with Crippen LogP contribution in [0.2, 0.25) is 0 Å². The van der Waals surface area contributed by atoms with Crippen LogP contribution in [0.3, 0.4) is 0 Å². The van der Waals surface area contributed by atoms with Gasteiger partial charge in [-0.3, -0.25) is 18.6 Å². The lowest BCUT2D eigenvalue weighted by atomic mass is 10.1. The van der Waals surface area contributed by atoms with Crippen molar-refractivity contribution < 1.29 is 47.8 Å². The number of carbonyl (C=O) groups is 3. The highest BCUT2D eigenvalue weighted by Crippen LogP contribution is 2.43. The summed E-state index contributed by atoms with van der Waals surface area (Å²) >= 11 is 0. The first-order chi connectivity index (χ1) is 28.1. The minimum absolute atomic E-state index is 0.131. The molecule has 0 aromatic heterocycles. The highest BCUT2D eigenvalue weighted by molar-refractivity contribution is 7.47. The summed E-state index contributed by atoms with van der Waals surface area (Å²) in [5.41, 5.74) is 0. The van der Waals surface area contributed by atoms with E-state index in [0.717, 1.165) is 96.3 Å². The number of allylic oxidation sites excluding steroid dienone is 10. The Balaban J connectivity index is 3.92. The predicted octanol–water partition coefficient (Wildman–Crippen LogP) is 11.6. The van der Waals surface area contributed by atoms with Crippen LogP contribution in [-0.4, -0.2) is 64.9 Å². The molecule has 58 heavy (non-hydrogen) atoms. The van der Waals surface area contributed by atoms with Crippen LogP contribution in [0.15, 0.2) is 60.8 Å². The standard InChI is InChI=1S/C46H80NO10P/c1-3-5-7-9-11-13-15-17-19-21-23-25-27-29-31-33-35-37-44(49)47-43(46(51)52)41-57-58(53,54)56-40-42(48)39-55-45(50)38-36-34-32-30-28-26-24-22-20-18-16-14-12-10-8-6-4-2/h5,7,11-14,17-20,42-43,48H,3-4,6,8-10,15-16,21-41H2,1-2H3,(H,47,49)(H,51,52)(H,53,54)/b7-5-,13-11-,14-12-,19-17-,20-18-. The number of phosphoric ester groups is 1. The van der Waals surface area contributed by atoms with E-state index in [1.54, 1.807) is 0 Å². The number of amides is 1. The topological polar surface area (TPSA) is 169 Å². The minimum atomic E-state index is -4.76. The molecular weight excluding hydrogens is 757 g/mol. The zero-order valence-corrected chi connectivity index (χ0v) is 37.0. The van der Waals surface area contributed by atoms with Gasteiger partial charge in [-0.1, -0.05) is 152 Å². The Morgan fingerprint density at radius 1 is 0.569 bits per heavy atom. The molecule has 0 radical (unpaired) electrons. The number of esters is 1. The lowest BCUT2D eigenvalue weighted by Crippen LogP contribution is -2.43. The van der Waals surface area contributed by atoms with E-state index >= 15 is 0 Å². The first-order valence-corrected chi connectivity index (χ1v) is 23.8. The molecule has 0 saturated heterocycles. The monoisotopic (exact) mass is 838 g/mol. The summed E-state index contributed by atoms with van der Waals surface area (Å²) in [5, 5.41) is 21.8. The number of carboxylic acids is 1. The lowest BCUT2D eigenvalue weighted by Gasteiger charge is -2.18. The van der Waals surface area contributed by atoms with Gasteiger partial charge >= 0.3 is 19.8 Å². The summed E-state index contributed by atoms with van der Waals surface area (Å²) in [6.07, 6.45) is 46.6. The van der Waals surface area contributed by atoms with Crippen molar-refractivity contribution in [3.05, 3.63) is 60.8 Å². The van der Waals surface area contributed by atoms with E-state index < -0.39 is 57.6 Å². The zero-order valence-electron chi connectivity index (χ0n) is 36.1. The number of hydrogen-bond acceptors (Lipinski definition) is 8. The number of ether oxygens (including phenoxy) is 1. The molecule has 4 N–H and O–H groups in total. The third-order valence-electron chi connectivity index (χ3n) is 9.29. The van der Waals surface area contributed by atoms with Crippen molar-refractivity contribution >= 4 is 25.7 Å². The number of carboxylic acid groups (broad SMARTS) is 1. The van der Waals surface area contributed by atoms with Gasteiger partial charge in [-0.15, -0.1) is 0 Å². The number of aliphatic carboxylic acids is 1. The zero-order chi connectivity index (χ0) is 42.8. The average molecular weight is 838 g/mol. The molecule has 0 rings (SSSR count). The number of nitrogens with one attached hydrogen (secondary N) is 1. The van der Waals surface area contributed by atoms with E-state index in [1.807, 2.05) is 0 Å². The van der Waals surface area contributed by atoms with Crippen LogP contribution in [0.4, 0.5) is 0 Å². The maximum atomic E-state index is 12.3. The first-order valence-electron chi connectivity index (χ1n) is 22.3. The number of aliphatic hydroxyl groups is 1. The SMILES string of the molecule is CC/C=C\C/C=C\C/C=C\CCCCCCCCCC(=O)NC(COP(=O)(O)OCC(O)COC(=O)CCCCCCCCC/C=C\C/C=C\CCCCC)C(=O)O. The number of carbonyl (C=O) groups excluding carboxylic acids is 2. The molecule has 0 bridgehead atoms. The Bertz CT molecular complexity index is 1210. The van der Waals surface area contributed by atoms with Crippen LogP contribution < -0.4 is 5.32 Å². The van der Waals surface area contributed by atoms with Crippen LogP contribution >= 0.6 is 7.82 Å². The fraction of sp³-hybridized carbons (Fsp3) is 0.717. The van der Waals surface area contributed by atoms with Gasteiger partial charge in [-0.25, -0.2) is 9.36 Å². The van der Waals surface area contributed by atoms with E-state index in [2.05, 4.69) is 79.9 Å². The van der Waals surface area contributed by atoms with E-state index in [4.69, 9.17) is 13.8 Å². The van der Waals surface area contributed by atoms with Gasteiger partial charge in [0.05, 0.1) is 13.2 Å². The van der Waals surface area contributed by atoms with Gasteiger partial charge in [-0.2, -0.15) is 0 Å². The third-order valence-corrected chi connectivity index (χ3v) is 10.2. The smallest absolute Gasteiger partial charge is 0.472 e. The van der Waals surface area contributed by atoms with Crippen molar-refractivity contribution in [2.75, 3.05) is 19.8 Å². The summed E-state index contributed by atoms with van der Waals surface area (Å²) in [4.78, 5) is 45.9. The van der Waals surface area contributed by atoms with E-state index in [1.165, 1.54) is 44.9 Å². The molecule has 0 spiro atoms. The van der Waals surface area contributed by atoms with Gasteiger partial charge in [0.1, 0.15) is 12.7 Å². The number of rotatable bonds is 41. The summed E-state index contributed by atoms with van der Waals surface area (Å²) in [7, 11) is -4.76. The Morgan fingerprint density at radius 2 is 1.00 bits per heavy atom. The van der Waals surface area contributed by atoms with E-state index in [9.17, 15) is 34.1 Å². The molecule has 11 nitrogen and oxygen atoms in total. The molecule has 0 saturated carbocycles. The predicted molar refractivity (Wildman–Crippen MR) is 235 cm³/mol. The molecule has 334 valence electrons. The van der Waals surface area contributed by atoms with Crippen molar-refractivity contribution in [2.45, 2.75) is 193 Å². The maximum absolute atomic E-state index is 12.3. The summed E-state index contributed by atoms with van der Waals surface area (Å²) in [6.45, 7) is 2.44. The summed E-state index contributed by atoms with van der Waals surface area (Å²) in [6, 6.07) is -1.56. The number of hydrogen-bond donors (Lipinski definition) is 4. The van der Waals surface area contributed by atoms with E-state index in [0.29, 0.717) is 12.8 Å². The molecular formula is C46H80NO10P. The summed E-state index contributed by atoms with van der Waals surface area (Å²) < 4.78 is 26.8. The number of phosphoric acid groups is 1. The van der Waals surface area contributed by atoms with Gasteiger partial charge in [0, 0.05) is 12.8 Å². The number of aliphatic hydroxyl groups excluding tert-OH is 1. The van der Waals surface area contributed by atoms with Crippen molar-refractivity contribution in [3.63, 3.8) is 0 Å². The van der Waals surface area contributed by atoms with Gasteiger partial charge < -0.3 is 25.2 Å².